The molecule has 2 aliphatic carbocycles. The molecule has 7 heteroatoms. The Labute approximate surface area is 177 Å². The second-order valence-corrected chi connectivity index (χ2v) is 9.22. The molecule has 1 unspecified atom stereocenters. The van der Waals surface area contributed by atoms with E-state index in [0.29, 0.717) is 28.6 Å². The van der Waals surface area contributed by atoms with E-state index in [-0.39, 0.29) is 5.56 Å². The van der Waals surface area contributed by atoms with Crippen LogP contribution in [-0.2, 0) is 6.42 Å². The summed E-state index contributed by atoms with van der Waals surface area (Å²) in [7, 11) is 3.62. The number of benzene rings is 1. The fourth-order valence-corrected chi connectivity index (χ4v) is 6.07. The van der Waals surface area contributed by atoms with E-state index in [4.69, 9.17) is 4.74 Å². The van der Waals surface area contributed by atoms with Crippen LogP contribution in [0.4, 0.5) is 0 Å². The van der Waals surface area contributed by atoms with Crippen molar-refractivity contribution in [3.05, 3.63) is 50.1 Å². The summed E-state index contributed by atoms with van der Waals surface area (Å²) < 4.78 is 5.85. The molecule has 3 aromatic rings. The van der Waals surface area contributed by atoms with E-state index in [1.807, 2.05) is 13.1 Å². The van der Waals surface area contributed by atoms with Gasteiger partial charge in [0.2, 0.25) is 5.43 Å². The van der Waals surface area contributed by atoms with Gasteiger partial charge in [-0.25, -0.2) is 4.79 Å². The number of carboxylic acids is 1. The maximum Gasteiger partial charge on any atom is 0.341 e. The molecule has 0 saturated heterocycles. The molecule has 3 N–H and O–H groups in total. The van der Waals surface area contributed by atoms with E-state index < -0.39 is 11.4 Å². The zero-order chi connectivity index (χ0) is 21.0. The second-order valence-electron chi connectivity index (χ2n) is 8.14. The number of rotatable bonds is 5. The highest BCUT2D eigenvalue weighted by Gasteiger charge is 2.32. The van der Waals surface area contributed by atoms with Crippen LogP contribution in [0.1, 0.15) is 64.0 Å². The van der Waals surface area contributed by atoms with Gasteiger partial charge in [0, 0.05) is 27.6 Å². The Morgan fingerprint density at radius 2 is 2.10 bits per heavy atom. The van der Waals surface area contributed by atoms with Crippen molar-refractivity contribution in [2.24, 2.45) is 0 Å². The van der Waals surface area contributed by atoms with Crippen LogP contribution in [0.15, 0.2) is 23.1 Å². The van der Waals surface area contributed by atoms with Crippen molar-refractivity contribution in [3.8, 4) is 16.2 Å². The number of aromatic carboxylic acids is 1. The van der Waals surface area contributed by atoms with Crippen LogP contribution in [0.25, 0.3) is 21.3 Å². The largest absolute Gasteiger partial charge is 0.494 e. The molecule has 156 valence electrons. The molecule has 1 aromatic carbocycles. The lowest BCUT2D eigenvalue weighted by atomic mass is 9.93. The highest BCUT2D eigenvalue weighted by molar-refractivity contribution is 7.15. The molecule has 5 rings (SSSR count). The average Bonchev–Trinajstić information content (AvgIpc) is 3.50. The predicted molar refractivity (Wildman–Crippen MR) is 118 cm³/mol. The summed E-state index contributed by atoms with van der Waals surface area (Å²) in [4.78, 5) is 29.9. The molecule has 1 atom stereocenters. The third-order valence-corrected chi connectivity index (χ3v) is 7.61. The summed E-state index contributed by atoms with van der Waals surface area (Å²) in [6.45, 7) is 0. The molecule has 1 saturated carbocycles. The van der Waals surface area contributed by atoms with Gasteiger partial charge in [-0.05, 0) is 68.3 Å². The average molecular weight is 425 g/mol. The maximum absolute atomic E-state index is 12.9. The lowest BCUT2D eigenvalue weighted by Crippen LogP contribution is -2.19. The third-order valence-electron chi connectivity index (χ3n) is 6.31. The van der Waals surface area contributed by atoms with Gasteiger partial charge < -0.3 is 20.1 Å². The zero-order valence-electron chi connectivity index (χ0n) is 17.0. The first kappa shape index (κ1) is 19.3. The molecular formula is C23H24N2O4S. The fraction of sp³-hybridized carbons (Fsp3) is 0.391. The van der Waals surface area contributed by atoms with Crippen LogP contribution in [-0.4, -0.2) is 30.2 Å². The zero-order valence-corrected chi connectivity index (χ0v) is 17.8. The van der Waals surface area contributed by atoms with Gasteiger partial charge in [0.25, 0.3) is 0 Å². The standard InChI is InChI=1S/C23H24N2O4S/c1-24-16-5-3-4-12-8-17(30-22(12)16)18-13(11-6-7-11)9-14-19(21(18)29-2)25-10-15(20(14)26)23(27)28/h8-11,16,24H,3-7H2,1-2H3,(H,25,26)(H,27,28). The topological polar surface area (TPSA) is 91.4 Å². The maximum atomic E-state index is 12.9. The highest BCUT2D eigenvalue weighted by atomic mass is 32.1. The third kappa shape index (κ3) is 2.96. The number of H-pyrrole nitrogens is 1. The van der Waals surface area contributed by atoms with Crippen LogP contribution in [0, 0.1) is 0 Å². The first-order valence-electron chi connectivity index (χ1n) is 10.3. The number of aromatic nitrogens is 1. The summed E-state index contributed by atoms with van der Waals surface area (Å²) in [6, 6.07) is 4.55. The molecule has 30 heavy (non-hydrogen) atoms. The lowest BCUT2D eigenvalue weighted by molar-refractivity contribution is 0.0695. The van der Waals surface area contributed by atoms with Crippen molar-refractivity contribution >= 4 is 28.2 Å². The minimum Gasteiger partial charge on any atom is -0.494 e. The Balaban J connectivity index is 1.79. The van der Waals surface area contributed by atoms with Crippen LogP contribution in [0.2, 0.25) is 0 Å². The lowest BCUT2D eigenvalue weighted by Gasteiger charge is -2.21. The van der Waals surface area contributed by atoms with Gasteiger partial charge in [-0.3, -0.25) is 4.79 Å². The highest BCUT2D eigenvalue weighted by Crippen LogP contribution is 2.52. The summed E-state index contributed by atoms with van der Waals surface area (Å²) >= 11 is 1.80. The summed E-state index contributed by atoms with van der Waals surface area (Å²) in [5.41, 5.74) is 3.36. The number of nitrogens with one attached hydrogen (secondary N) is 2. The summed E-state index contributed by atoms with van der Waals surface area (Å²) in [5.74, 6) is -0.216. The number of carboxylic acid groups (broad SMARTS) is 1. The molecule has 0 radical (unpaired) electrons. The number of hydrogen-bond acceptors (Lipinski definition) is 5. The van der Waals surface area contributed by atoms with Crippen molar-refractivity contribution in [3.63, 3.8) is 0 Å². The Morgan fingerprint density at radius 3 is 2.77 bits per heavy atom. The smallest absolute Gasteiger partial charge is 0.341 e. The molecule has 2 aliphatic rings. The van der Waals surface area contributed by atoms with E-state index in [2.05, 4.69) is 16.4 Å². The Morgan fingerprint density at radius 1 is 1.30 bits per heavy atom. The van der Waals surface area contributed by atoms with E-state index in [1.54, 1.807) is 18.4 Å². The summed E-state index contributed by atoms with van der Waals surface area (Å²) in [6.07, 6.45) is 6.80. The number of methoxy groups -OCH3 is 1. The number of aromatic amines is 1. The minimum absolute atomic E-state index is 0.248. The number of carbonyl (C=O) groups is 1. The van der Waals surface area contributed by atoms with Crippen molar-refractivity contribution in [2.45, 2.75) is 44.1 Å². The number of aryl methyl sites for hydroxylation is 1. The van der Waals surface area contributed by atoms with Crippen LogP contribution in [0.5, 0.6) is 5.75 Å². The van der Waals surface area contributed by atoms with Gasteiger partial charge in [-0.2, -0.15) is 0 Å². The van der Waals surface area contributed by atoms with E-state index >= 15 is 0 Å². The molecule has 0 spiro atoms. The molecule has 2 heterocycles. The molecule has 6 nitrogen and oxygen atoms in total. The SMILES string of the molecule is CNC1CCCc2cc(-c3c(C4CC4)cc4c(=O)c(C(=O)O)c[nH]c4c3OC)sc21. The Hall–Kier alpha value is -2.64. The molecule has 2 aromatic heterocycles. The Bertz CT molecular complexity index is 1220. The van der Waals surface area contributed by atoms with Gasteiger partial charge in [-0.1, -0.05) is 0 Å². The predicted octanol–water partition coefficient (Wildman–Crippen LogP) is 4.44. The summed E-state index contributed by atoms with van der Waals surface area (Å²) in [5, 5.41) is 13.2. The Kier molecular flexibility index (Phi) is 4.67. The van der Waals surface area contributed by atoms with Crippen molar-refractivity contribution in [1.82, 2.24) is 10.3 Å². The molecule has 0 bridgehead atoms. The van der Waals surface area contributed by atoms with Gasteiger partial charge in [0.05, 0.1) is 18.0 Å². The minimum atomic E-state index is -1.22. The number of hydrogen-bond donors (Lipinski definition) is 3. The fourth-order valence-electron chi connectivity index (χ4n) is 4.65. The van der Waals surface area contributed by atoms with Crippen molar-refractivity contribution in [1.29, 1.82) is 0 Å². The number of thiophene rings is 1. The number of fused-ring (bicyclic) bond motifs is 2. The van der Waals surface area contributed by atoms with E-state index in [1.165, 1.54) is 23.1 Å². The quantitative estimate of drug-likeness (QED) is 0.563. The first-order valence-corrected chi connectivity index (χ1v) is 11.1. The first-order chi connectivity index (χ1) is 14.5. The van der Waals surface area contributed by atoms with Crippen LogP contribution >= 0.6 is 11.3 Å². The van der Waals surface area contributed by atoms with E-state index in [9.17, 15) is 14.7 Å². The van der Waals surface area contributed by atoms with Gasteiger partial charge >= 0.3 is 5.97 Å². The monoisotopic (exact) mass is 424 g/mol. The second kappa shape index (κ2) is 7.25. The number of pyridine rings is 1. The van der Waals surface area contributed by atoms with Gasteiger partial charge in [-0.15, -0.1) is 11.3 Å². The van der Waals surface area contributed by atoms with E-state index in [0.717, 1.165) is 41.7 Å². The van der Waals surface area contributed by atoms with Gasteiger partial charge in [0.1, 0.15) is 5.56 Å². The molecule has 0 amide bonds. The van der Waals surface area contributed by atoms with Crippen LogP contribution in [0.3, 0.4) is 0 Å². The van der Waals surface area contributed by atoms with Gasteiger partial charge in [0.15, 0.2) is 5.75 Å². The molecular weight excluding hydrogens is 400 g/mol. The number of ether oxygens (including phenoxy) is 1. The molecule has 1 fully saturated rings. The van der Waals surface area contributed by atoms with Crippen molar-refractivity contribution < 1.29 is 14.6 Å². The van der Waals surface area contributed by atoms with Crippen LogP contribution < -0.4 is 15.5 Å². The molecule has 0 aliphatic heterocycles. The van der Waals surface area contributed by atoms with Crippen molar-refractivity contribution in [2.75, 3.05) is 14.2 Å². The normalized spacial score (nSPS) is 18.4.